The second-order valence-electron chi connectivity index (χ2n) is 8.48. The fraction of sp³-hybridized carbons (Fsp3) is 0.480. The fourth-order valence-corrected chi connectivity index (χ4v) is 5.40. The zero-order valence-electron chi connectivity index (χ0n) is 19.6. The largest absolute Gasteiger partial charge is 0.497 e. The van der Waals surface area contributed by atoms with Crippen molar-refractivity contribution in [3.8, 4) is 5.75 Å². The second kappa shape index (κ2) is 12.0. The van der Waals surface area contributed by atoms with Crippen LogP contribution in [0.1, 0.15) is 37.7 Å². The van der Waals surface area contributed by atoms with Crippen LogP contribution in [0.2, 0.25) is 0 Å². The van der Waals surface area contributed by atoms with E-state index in [0.717, 1.165) is 35.9 Å². The SMILES string of the molecule is COc1ccc(N(CC(=O)NCCCN2CCCCCC2)S(=O)(=O)c2ccc(C)cc2)cc1. The van der Waals surface area contributed by atoms with Gasteiger partial charge in [0.05, 0.1) is 17.7 Å². The number of anilines is 1. The van der Waals surface area contributed by atoms with Gasteiger partial charge < -0.3 is 15.0 Å². The Morgan fingerprint density at radius 3 is 2.24 bits per heavy atom. The van der Waals surface area contributed by atoms with Gasteiger partial charge in [-0.2, -0.15) is 0 Å². The molecule has 180 valence electrons. The maximum Gasteiger partial charge on any atom is 0.264 e. The third-order valence-electron chi connectivity index (χ3n) is 5.93. The van der Waals surface area contributed by atoms with E-state index in [4.69, 9.17) is 4.74 Å². The molecule has 3 rings (SSSR count). The first-order valence-electron chi connectivity index (χ1n) is 11.6. The van der Waals surface area contributed by atoms with Gasteiger partial charge in [-0.05, 0) is 82.2 Å². The predicted molar refractivity (Wildman–Crippen MR) is 131 cm³/mol. The Hall–Kier alpha value is -2.58. The lowest BCUT2D eigenvalue weighted by Gasteiger charge is -2.24. The third kappa shape index (κ3) is 7.20. The van der Waals surface area contributed by atoms with Gasteiger partial charge in [-0.25, -0.2) is 8.42 Å². The highest BCUT2D eigenvalue weighted by Crippen LogP contribution is 2.26. The van der Waals surface area contributed by atoms with Gasteiger partial charge in [-0.3, -0.25) is 9.10 Å². The van der Waals surface area contributed by atoms with Gasteiger partial charge in [-0.1, -0.05) is 30.5 Å². The molecule has 0 atom stereocenters. The van der Waals surface area contributed by atoms with E-state index in [-0.39, 0.29) is 17.3 Å². The van der Waals surface area contributed by atoms with E-state index in [0.29, 0.717) is 18.0 Å². The molecule has 0 unspecified atom stereocenters. The number of carbonyl (C=O) groups excluding carboxylic acids is 1. The minimum Gasteiger partial charge on any atom is -0.497 e. The average Bonchev–Trinajstić information content (AvgIpc) is 3.09. The number of hydrogen-bond donors (Lipinski definition) is 1. The van der Waals surface area contributed by atoms with Crippen molar-refractivity contribution < 1.29 is 17.9 Å². The first kappa shape index (κ1) is 25.1. The highest BCUT2D eigenvalue weighted by molar-refractivity contribution is 7.92. The summed E-state index contributed by atoms with van der Waals surface area (Å²) in [4.78, 5) is 15.3. The standard InChI is InChI=1S/C25H35N3O4S/c1-21-8-14-24(15-9-21)33(30,31)28(22-10-12-23(32-2)13-11-22)20-25(29)26-16-7-19-27-17-5-3-4-6-18-27/h8-15H,3-7,16-20H2,1-2H3,(H,26,29). The molecular formula is C25H35N3O4S. The third-order valence-corrected chi connectivity index (χ3v) is 7.72. The average molecular weight is 474 g/mol. The molecule has 0 radical (unpaired) electrons. The quantitative estimate of drug-likeness (QED) is 0.534. The normalized spacial score (nSPS) is 15.0. The summed E-state index contributed by atoms with van der Waals surface area (Å²) in [5, 5.41) is 2.90. The zero-order valence-corrected chi connectivity index (χ0v) is 20.4. The number of carbonyl (C=O) groups is 1. The molecule has 33 heavy (non-hydrogen) atoms. The molecule has 1 aliphatic rings. The Bertz CT molecular complexity index is 983. The first-order valence-corrected chi connectivity index (χ1v) is 13.1. The summed E-state index contributed by atoms with van der Waals surface area (Å²) in [7, 11) is -2.36. The molecule has 0 bridgehead atoms. The van der Waals surface area contributed by atoms with Crippen molar-refractivity contribution in [2.75, 3.05) is 44.1 Å². The Morgan fingerprint density at radius 2 is 1.64 bits per heavy atom. The number of nitrogens with one attached hydrogen (secondary N) is 1. The number of rotatable bonds is 10. The number of likely N-dealkylation sites (tertiary alicyclic amines) is 1. The van der Waals surface area contributed by atoms with Gasteiger partial charge in [0.25, 0.3) is 10.0 Å². The Kier molecular flexibility index (Phi) is 9.14. The molecule has 2 aromatic rings. The molecule has 0 spiro atoms. The highest BCUT2D eigenvalue weighted by atomic mass is 32.2. The number of nitrogens with zero attached hydrogens (tertiary/aromatic N) is 2. The monoisotopic (exact) mass is 473 g/mol. The predicted octanol–water partition coefficient (Wildman–Crippen LogP) is 3.58. The topological polar surface area (TPSA) is 79.0 Å². The molecule has 2 aromatic carbocycles. The summed E-state index contributed by atoms with van der Waals surface area (Å²) in [5.74, 6) is 0.293. The molecule has 0 aromatic heterocycles. The minimum absolute atomic E-state index is 0.151. The molecule has 1 amide bonds. The number of benzene rings is 2. The van der Waals surface area contributed by atoms with Crippen molar-refractivity contribution in [3.63, 3.8) is 0 Å². The second-order valence-corrected chi connectivity index (χ2v) is 10.3. The van der Waals surface area contributed by atoms with Crippen LogP contribution < -0.4 is 14.4 Å². The number of sulfonamides is 1. The van der Waals surface area contributed by atoms with E-state index in [2.05, 4.69) is 10.2 Å². The van der Waals surface area contributed by atoms with Crippen molar-refractivity contribution in [2.24, 2.45) is 0 Å². The molecule has 1 heterocycles. The lowest BCUT2D eigenvalue weighted by molar-refractivity contribution is -0.119. The van der Waals surface area contributed by atoms with Crippen LogP contribution in [-0.2, 0) is 14.8 Å². The maximum absolute atomic E-state index is 13.4. The number of hydrogen-bond acceptors (Lipinski definition) is 5. The van der Waals surface area contributed by atoms with Crippen LogP contribution >= 0.6 is 0 Å². The molecule has 1 fully saturated rings. The number of aryl methyl sites for hydroxylation is 1. The Labute approximate surface area is 197 Å². The molecule has 1 N–H and O–H groups in total. The van der Waals surface area contributed by atoms with E-state index < -0.39 is 10.0 Å². The van der Waals surface area contributed by atoms with Gasteiger partial charge in [0.2, 0.25) is 5.91 Å². The van der Waals surface area contributed by atoms with Crippen LogP contribution in [0.15, 0.2) is 53.4 Å². The number of amides is 1. The van der Waals surface area contributed by atoms with Crippen LogP contribution in [0.5, 0.6) is 5.75 Å². The van der Waals surface area contributed by atoms with Crippen molar-refractivity contribution >= 4 is 21.6 Å². The number of ether oxygens (including phenoxy) is 1. The molecule has 0 saturated carbocycles. The van der Waals surface area contributed by atoms with E-state index in [1.165, 1.54) is 25.7 Å². The van der Waals surface area contributed by atoms with Gasteiger partial charge in [0, 0.05) is 6.54 Å². The van der Waals surface area contributed by atoms with Gasteiger partial charge in [-0.15, -0.1) is 0 Å². The highest BCUT2D eigenvalue weighted by Gasteiger charge is 2.27. The van der Waals surface area contributed by atoms with Crippen LogP contribution in [-0.4, -0.2) is 59.1 Å². The van der Waals surface area contributed by atoms with Crippen LogP contribution in [0.25, 0.3) is 0 Å². The van der Waals surface area contributed by atoms with Gasteiger partial charge in [0.1, 0.15) is 12.3 Å². The van der Waals surface area contributed by atoms with Crippen molar-refractivity contribution in [3.05, 3.63) is 54.1 Å². The maximum atomic E-state index is 13.4. The van der Waals surface area contributed by atoms with Gasteiger partial charge >= 0.3 is 0 Å². The molecule has 0 aliphatic carbocycles. The lowest BCUT2D eigenvalue weighted by atomic mass is 10.2. The van der Waals surface area contributed by atoms with E-state index in [1.54, 1.807) is 55.6 Å². The van der Waals surface area contributed by atoms with Crippen LogP contribution in [0.3, 0.4) is 0 Å². The summed E-state index contributed by atoms with van der Waals surface area (Å²) in [6.07, 6.45) is 5.91. The minimum atomic E-state index is -3.91. The molecule has 8 heteroatoms. The lowest BCUT2D eigenvalue weighted by Crippen LogP contribution is -2.41. The van der Waals surface area contributed by atoms with Crippen LogP contribution in [0.4, 0.5) is 5.69 Å². The van der Waals surface area contributed by atoms with Crippen molar-refractivity contribution in [1.29, 1.82) is 0 Å². The summed E-state index contributed by atoms with van der Waals surface area (Å²) >= 11 is 0. The van der Waals surface area contributed by atoms with Gasteiger partial charge in [0.15, 0.2) is 0 Å². The van der Waals surface area contributed by atoms with Crippen LogP contribution in [0, 0.1) is 6.92 Å². The van der Waals surface area contributed by atoms with E-state index >= 15 is 0 Å². The Balaban J connectivity index is 1.67. The zero-order chi connectivity index (χ0) is 23.7. The fourth-order valence-electron chi connectivity index (χ4n) is 3.98. The molecular weight excluding hydrogens is 438 g/mol. The summed E-state index contributed by atoms with van der Waals surface area (Å²) in [5.41, 5.74) is 1.38. The summed E-state index contributed by atoms with van der Waals surface area (Å²) in [6, 6.07) is 13.3. The molecule has 7 nitrogen and oxygen atoms in total. The van der Waals surface area contributed by atoms with E-state index in [1.807, 2.05) is 6.92 Å². The van der Waals surface area contributed by atoms with Crippen molar-refractivity contribution in [2.45, 2.75) is 43.9 Å². The Morgan fingerprint density at radius 1 is 1.00 bits per heavy atom. The van der Waals surface area contributed by atoms with Crippen molar-refractivity contribution in [1.82, 2.24) is 10.2 Å². The number of methoxy groups -OCH3 is 1. The molecule has 1 saturated heterocycles. The van der Waals surface area contributed by atoms with E-state index in [9.17, 15) is 13.2 Å². The summed E-state index contributed by atoms with van der Waals surface area (Å²) < 4.78 is 33.2. The first-order chi connectivity index (χ1) is 15.9. The molecule has 1 aliphatic heterocycles. The smallest absolute Gasteiger partial charge is 0.264 e. The summed E-state index contributed by atoms with van der Waals surface area (Å²) in [6.45, 7) is 5.32.